The van der Waals surface area contributed by atoms with Crippen molar-refractivity contribution in [1.29, 1.82) is 5.41 Å². The van der Waals surface area contributed by atoms with Gasteiger partial charge in [-0.25, -0.2) is 9.59 Å². The molecule has 15 heteroatoms. The quantitative estimate of drug-likeness (QED) is 0.0793. The van der Waals surface area contributed by atoms with Gasteiger partial charge in [0.1, 0.15) is 31.5 Å². The van der Waals surface area contributed by atoms with Crippen LogP contribution in [0.5, 0.6) is 0 Å². The standard InChI is InChI=1S/C22H40N6O9/c1-13(2)11-36-21(32)27-16(12-37-22(33)35-10-9-34-4)18(30)25-14(3)17(29)26-15-7-5-6-8-28(19(15)31)20(23)24/h13-16,19,31H,5-12H2,1-4H3,(H3,23,24)(H,25,30)(H,26,29)(H,27,32)/t14-,15-,16+,19?/m0/s1. The van der Waals surface area contributed by atoms with Crippen molar-refractivity contribution < 1.29 is 43.2 Å². The third-order valence-electron chi connectivity index (χ3n) is 5.26. The Labute approximate surface area is 216 Å². The number of carbonyl (C=O) groups excluding carboxylic acids is 4. The first-order chi connectivity index (χ1) is 17.5. The summed E-state index contributed by atoms with van der Waals surface area (Å²) in [6, 6.07) is -3.19. The minimum absolute atomic E-state index is 0.0482. The SMILES string of the molecule is COCCOC(=O)OC[C@@H](NC(=O)OCC(C)C)C(=O)N[C@@H](C)C(=O)N[C@H]1CCCCN(C(=N)N)C1O. The molecule has 0 spiro atoms. The van der Waals surface area contributed by atoms with Gasteiger partial charge in [-0.2, -0.15) is 0 Å². The third kappa shape index (κ3) is 12.0. The maximum Gasteiger partial charge on any atom is 0.508 e. The maximum absolute atomic E-state index is 12.8. The second-order valence-electron chi connectivity index (χ2n) is 8.92. The summed E-state index contributed by atoms with van der Waals surface area (Å²) in [5, 5.41) is 25.6. The van der Waals surface area contributed by atoms with Gasteiger partial charge >= 0.3 is 12.2 Å². The zero-order valence-corrected chi connectivity index (χ0v) is 21.8. The number of aliphatic hydroxyl groups excluding tert-OH is 1. The van der Waals surface area contributed by atoms with Crippen LogP contribution < -0.4 is 21.7 Å². The molecule has 3 amide bonds. The molecule has 0 aromatic rings. The molecule has 15 nitrogen and oxygen atoms in total. The Morgan fingerprint density at radius 2 is 1.73 bits per heavy atom. The van der Waals surface area contributed by atoms with Crippen LogP contribution in [0.4, 0.5) is 9.59 Å². The van der Waals surface area contributed by atoms with Crippen LogP contribution >= 0.6 is 0 Å². The van der Waals surface area contributed by atoms with E-state index in [9.17, 15) is 24.3 Å². The van der Waals surface area contributed by atoms with Crippen LogP contribution in [0.1, 0.15) is 40.0 Å². The van der Waals surface area contributed by atoms with Gasteiger partial charge in [0.15, 0.2) is 5.96 Å². The number of aliphatic hydroxyl groups is 1. The largest absolute Gasteiger partial charge is 0.508 e. The Balaban J connectivity index is 2.77. The predicted molar refractivity (Wildman–Crippen MR) is 130 cm³/mol. The van der Waals surface area contributed by atoms with Crippen LogP contribution in [-0.4, -0.2) is 104 Å². The number of nitrogens with two attached hydrogens (primary N) is 1. The summed E-state index contributed by atoms with van der Waals surface area (Å²) in [5.74, 6) is -1.69. The maximum atomic E-state index is 12.8. The van der Waals surface area contributed by atoms with Crippen molar-refractivity contribution in [2.45, 2.75) is 64.4 Å². The second-order valence-corrected chi connectivity index (χ2v) is 8.92. The molecule has 0 saturated carbocycles. The van der Waals surface area contributed by atoms with E-state index in [0.717, 1.165) is 0 Å². The lowest BCUT2D eigenvalue weighted by Crippen LogP contribution is -2.58. The number of amides is 3. The van der Waals surface area contributed by atoms with Gasteiger partial charge < -0.3 is 50.6 Å². The molecule has 4 atom stereocenters. The van der Waals surface area contributed by atoms with Gasteiger partial charge in [-0.15, -0.1) is 0 Å². The Kier molecular flexibility index (Phi) is 14.1. The highest BCUT2D eigenvalue weighted by atomic mass is 16.7. The number of likely N-dealkylation sites (tertiary alicyclic amines) is 1. The molecule has 1 fully saturated rings. The molecule has 0 aliphatic carbocycles. The van der Waals surface area contributed by atoms with Crippen LogP contribution in [0.25, 0.3) is 0 Å². The van der Waals surface area contributed by atoms with Gasteiger partial charge in [-0.05, 0) is 32.1 Å². The van der Waals surface area contributed by atoms with E-state index in [1.807, 2.05) is 13.8 Å². The van der Waals surface area contributed by atoms with Crippen molar-refractivity contribution >= 4 is 30.0 Å². The molecule has 7 N–H and O–H groups in total. The number of nitrogens with zero attached hydrogens (tertiary/aromatic N) is 1. The van der Waals surface area contributed by atoms with E-state index >= 15 is 0 Å². The summed E-state index contributed by atoms with van der Waals surface area (Å²) in [6.45, 7) is 5.04. The number of hydrogen-bond acceptors (Lipinski definition) is 10. The first-order valence-electron chi connectivity index (χ1n) is 12.1. The summed E-state index contributed by atoms with van der Waals surface area (Å²) < 4.78 is 19.5. The van der Waals surface area contributed by atoms with E-state index in [1.54, 1.807) is 0 Å². The minimum Gasteiger partial charge on any atom is -0.449 e. The van der Waals surface area contributed by atoms with Crippen molar-refractivity contribution in [1.82, 2.24) is 20.9 Å². The number of carbonyl (C=O) groups is 4. The van der Waals surface area contributed by atoms with E-state index in [4.69, 9.17) is 30.1 Å². The molecule has 0 aromatic carbocycles. The predicted octanol–water partition coefficient (Wildman–Crippen LogP) is -0.776. The Morgan fingerprint density at radius 3 is 2.35 bits per heavy atom. The minimum atomic E-state index is -1.39. The van der Waals surface area contributed by atoms with Crippen LogP contribution in [0.3, 0.4) is 0 Å². The van der Waals surface area contributed by atoms with Crippen molar-refractivity contribution in [3.05, 3.63) is 0 Å². The van der Waals surface area contributed by atoms with Crippen molar-refractivity contribution in [2.75, 3.05) is 40.1 Å². The van der Waals surface area contributed by atoms with E-state index in [-0.39, 0.29) is 31.7 Å². The molecule has 0 radical (unpaired) electrons. The zero-order valence-electron chi connectivity index (χ0n) is 21.8. The molecule has 212 valence electrons. The fraction of sp³-hybridized carbons (Fsp3) is 0.773. The molecule has 1 aliphatic heterocycles. The molecule has 0 aromatic heterocycles. The monoisotopic (exact) mass is 532 g/mol. The molecule has 1 heterocycles. The number of alkyl carbamates (subject to hydrolysis) is 1. The lowest BCUT2D eigenvalue weighted by atomic mass is 10.1. The van der Waals surface area contributed by atoms with Crippen molar-refractivity contribution in [2.24, 2.45) is 11.7 Å². The number of rotatable bonds is 12. The number of guanidine groups is 1. The highest BCUT2D eigenvalue weighted by Gasteiger charge is 2.32. The van der Waals surface area contributed by atoms with E-state index in [0.29, 0.717) is 25.8 Å². The molecule has 1 unspecified atom stereocenters. The molecular formula is C22H40N6O9. The average Bonchev–Trinajstić information content (AvgIpc) is 3.01. The zero-order chi connectivity index (χ0) is 28.0. The lowest BCUT2D eigenvalue weighted by molar-refractivity contribution is -0.131. The van der Waals surface area contributed by atoms with Gasteiger partial charge in [0.25, 0.3) is 0 Å². The van der Waals surface area contributed by atoms with Crippen molar-refractivity contribution in [3.63, 3.8) is 0 Å². The average molecular weight is 533 g/mol. The number of ether oxygens (including phenoxy) is 4. The second kappa shape index (κ2) is 16.4. The molecule has 1 aliphatic rings. The summed E-state index contributed by atoms with van der Waals surface area (Å²) in [4.78, 5) is 50.7. The summed E-state index contributed by atoms with van der Waals surface area (Å²) in [6.07, 6.45) is -1.36. The van der Waals surface area contributed by atoms with Crippen LogP contribution in [0, 0.1) is 11.3 Å². The van der Waals surface area contributed by atoms with Gasteiger partial charge in [0.05, 0.1) is 19.3 Å². The van der Waals surface area contributed by atoms with Gasteiger partial charge in [0.2, 0.25) is 11.8 Å². The molecule has 1 saturated heterocycles. The Morgan fingerprint density at radius 1 is 1.03 bits per heavy atom. The summed E-state index contributed by atoms with van der Waals surface area (Å²) in [5.41, 5.74) is 5.52. The van der Waals surface area contributed by atoms with Gasteiger partial charge in [0, 0.05) is 13.7 Å². The fourth-order valence-corrected chi connectivity index (χ4v) is 3.25. The summed E-state index contributed by atoms with van der Waals surface area (Å²) in [7, 11) is 1.43. The van der Waals surface area contributed by atoms with Crippen LogP contribution in [0.15, 0.2) is 0 Å². The van der Waals surface area contributed by atoms with Gasteiger partial charge in [-0.1, -0.05) is 13.8 Å². The number of methoxy groups -OCH3 is 1. The first-order valence-corrected chi connectivity index (χ1v) is 12.1. The lowest BCUT2D eigenvalue weighted by Gasteiger charge is -2.32. The normalized spacial score (nSPS) is 19.1. The fourth-order valence-electron chi connectivity index (χ4n) is 3.25. The van der Waals surface area contributed by atoms with Crippen LogP contribution in [-0.2, 0) is 28.5 Å². The smallest absolute Gasteiger partial charge is 0.449 e. The van der Waals surface area contributed by atoms with E-state index in [2.05, 4.69) is 16.0 Å². The Hall–Kier alpha value is -3.33. The molecule has 37 heavy (non-hydrogen) atoms. The van der Waals surface area contributed by atoms with Gasteiger partial charge in [-0.3, -0.25) is 15.0 Å². The first kappa shape index (κ1) is 31.7. The highest BCUT2D eigenvalue weighted by Crippen LogP contribution is 2.15. The third-order valence-corrected chi connectivity index (χ3v) is 5.26. The van der Waals surface area contributed by atoms with Crippen molar-refractivity contribution in [3.8, 4) is 0 Å². The topological polar surface area (TPSA) is 215 Å². The van der Waals surface area contributed by atoms with E-state index in [1.165, 1.54) is 18.9 Å². The van der Waals surface area contributed by atoms with Crippen LogP contribution in [0.2, 0.25) is 0 Å². The highest BCUT2D eigenvalue weighted by molar-refractivity contribution is 5.91. The number of hydrogen-bond donors (Lipinski definition) is 6. The summed E-state index contributed by atoms with van der Waals surface area (Å²) >= 11 is 0. The molecule has 1 rings (SSSR count). The molecular weight excluding hydrogens is 492 g/mol. The number of nitrogens with one attached hydrogen (secondary N) is 4. The Bertz CT molecular complexity index is 782. The molecule has 0 bridgehead atoms. The van der Waals surface area contributed by atoms with E-state index < -0.39 is 55.0 Å².